The van der Waals surface area contributed by atoms with Crippen molar-refractivity contribution in [2.75, 3.05) is 48.8 Å². The first-order chi connectivity index (χ1) is 14.6. The van der Waals surface area contributed by atoms with E-state index in [1.54, 1.807) is 12.1 Å². The Balaban J connectivity index is 1.46. The highest BCUT2D eigenvalue weighted by atomic mass is 16.5. The number of carbonyl (C=O) groups excluding carboxylic acids is 2. The number of amides is 2. The van der Waals surface area contributed by atoms with E-state index in [-0.39, 0.29) is 12.1 Å². The molecular formula is C23H28N4O3. The Morgan fingerprint density at radius 2 is 1.80 bits per heavy atom. The summed E-state index contributed by atoms with van der Waals surface area (Å²) in [5, 5.41) is 6.53. The molecule has 2 aliphatic heterocycles. The van der Waals surface area contributed by atoms with Gasteiger partial charge in [-0.1, -0.05) is 18.2 Å². The van der Waals surface area contributed by atoms with Crippen molar-refractivity contribution >= 4 is 29.1 Å². The number of carbonyl (C=O) groups is 2. The Morgan fingerprint density at radius 3 is 2.53 bits per heavy atom. The van der Waals surface area contributed by atoms with E-state index < -0.39 is 5.97 Å². The van der Waals surface area contributed by atoms with Crippen molar-refractivity contribution in [2.24, 2.45) is 0 Å². The molecular weight excluding hydrogens is 380 g/mol. The number of ether oxygens (including phenoxy) is 1. The van der Waals surface area contributed by atoms with Gasteiger partial charge < -0.3 is 25.2 Å². The zero-order valence-corrected chi connectivity index (χ0v) is 17.3. The van der Waals surface area contributed by atoms with Gasteiger partial charge in [-0.25, -0.2) is 9.59 Å². The lowest BCUT2D eigenvalue weighted by molar-refractivity contribution is 0.0600. The Hall–Kier alpha value is -3.22. The Bertz CT molecular complexity index is 897. The lowest BCUT2D eigenvalue weighted by atomic mass is 10.1. The van der Waals surface area contributed by atoms with Gasteiger partial charge in [0.25, 0.3) is 0 Å². The molecule has 2 aliphatic rings. The molecule has 4 rings (SSSR count). The summed E-state index contributed by atoms with van der Waals surface area (Å²) < 4.78 is 4.85. The zero-order chi connectivity index (χ0) is 20.9. The number of urea groups is 1. The number of esters is 1. The summed E-state index contributed by atoms with van der Waals surface area (Å²) >= 11 is 0. The predicted octanol–water partition coefficient (Wildman–Crippen LogP) is 3.79. The van der Waals surface area contributed by atoms with Crippen molar-refractivity contribution in [1.29, 1.82) is 0 Å². The summed E-state index contributed by atoms with van der Waals surface area (Å²) in [6.07, 6.45) is 3.15. The minimum Gasteiger partial charge on any atom is -0.465 e. The Morgan fingerprint density at radius 1 is 1.03 bits per heavy atom. The van der Waals surface area contributed by atoms with Crippen LogP contribution in [0.1, 0.15) is 29.6 Å². The van der Waals surface area contributed by atoms with Crippen LogP contribution in [0.4, 0.5) is 21.9 Å². The molecule has 0 spiro atoms. The summed E-state index contributed by atoms with van der Waals surface area (Å²) in [6.45, 7) is 3.23. The van der Waals surface area contributed by atoms with Gasteiger partial charge in [0.1, 0.15) is 0 Å². The van der Waals surface area contributed by atoms with Crippen LogP contribution in [0.3, 0.4) is 0 Å². The predicted molar refractivity (Wildman–Crippen MR) is 118 cm³/mol. The number of benzene rings is 2. The van der Waals surface area contributed by atoms with E-state index in [0.29, 0.717) is 24.3 Å². The molecule has 0 saturated carbocycles. The quantitative estimate of drug-likeness (QED) is 0.737. The van der Waals surface area contributed by atoms with Crippen molar-refractivity contribution in [3.63, 3.8) is 0 Å². The van der Waals surface area contributed by atoms with Crippen molar-refractivity contribution in [2.45, 2.75) is 25.3 Å². The molecule has 2 aromatic rings. The van der Waals surface area contributed by atoms with Gasteiger partial charge in [0, 0.05) is 37.9 Å². The van der Waals surface area contributed by atoms with Crippen LogP contribution in [-0.4, -0.2) is 56.2 Å². The molecule has 158 valence electrons. The van der Waals surface area contributed by atoms with E-state index in [1.807, 2.05) is 41.3 Å². The normalized spacial score (nSPS) is 18.4. The van der Waals surface area contributed by atoms with E-state index >= 15 is 0 Å². The minimum absolute atomic E-state index is 0.144. The smallest absolute Gasteiger partial charge is 0.337 e. The maximum Gasteiger partial charge on any atom is 0.337 e. The lowest BCUT2D eigenvalue weighted by Crippen LogP contribution is -2.35. The molecule has 7 nitrogen and oxygen atoms in total. The largest absolute Gasteiger partial charge is 0.465 e. The van der Waals surface area contributed by atoms with Crippen molar-refractivity contribution in [1.82, 2.24) is 4.90 Å². The second kappa shape index (κ2) is 9.07. The number of hydrogen-bond donors (Lipinski definition) is 2. The number of hydrogen-bond acceptors (Lipinski definition) is 5. The van der Waals surface area contributed by atoms with Crippen LogP contribution in [0.25, 0.3) is 0 Å². The maximum absolute atomic E-state index is 13.0. The number of anilines is 3. The molecule has 0 bridgehead atoms. The maximum atomic E-state index is 13.0. The average molecular weight is 409 g/mol. The van der Waals surface area contributed by atoms with Crippen LogP contribution in [0.15, 0.2) is 48.5 Å². The van der Waals surface area contributed by atoms with Gasteiger partial charge >= 0.3 is 12.0 Å². The van der Waals surface area contributed by atoms with Crippen LogP contribution in [0, 0.1) is 0 Å². The van der Waals surface area contributed by atoms with Gasteiger partial charge in [0.2, 0.25) is 0 Å². The average Bonchev–Trinajstić information content (AvgIpc) is 3.46. The third-order valence-corrected chi connectivity index (χ3v) is 5.73. The lowest BCUT2D eigenvalue weighted by Gasteiger charge is -2.24. The summed E-state index contributed by atoms with van der Waals surface area (Å²) in [5.74, 6) is -0.410. The van der Waals surface area contributed by atoms with Crippen molar-refractivity contribution < 1.29 is 14.3 Å². The van der Waals surface area contributed by atoms with E-state index in [2.05, 4.69) is 15.5 Å². The van der Waals surface area contributed by atoms with E-state index in [9.17, 15) is 9.59 Å². The topological polar surface area (TPSA) is 73.9 Å². The summed E-state index contributed by atoms with van der Waals surface area (Å²) in [7, 11) is 1.36. The second-order valence-electron chi connectivity index (χ2n) is 7.79. The monoisotopic (exact) mass is 408 g/mol. The number of nitrogens with zero attached hydrogens (tertiary/aromatic N) is 2. The molecule has 2 saturated heterocycles. The van der Waals surface area contributed by atoms with E-state index in [0.717, 1.165) is 43.7 Å². The fourth-order valence-corrected chi connectivity index (χ4v) is 4.14. The minimum atomic E-state index is -0.410. The molecule has 2 aromatic carbocycles. The molecule has 1 unspecified atom stereocenters. The molecule has 0 radical (unpaired) electrons. The molecule has 1 atom stereocenters. The first-order valence-corrected chi connectivity index (χ1v) is 10.5. The molecule has 0 aliphatic carbocycles. The summed E-state index contributed by atoms with van der Waals surface area (Å²) in [6, 6.07) is 15.5. The standard InChI is InChI=1S/C23H28N4O3/c1-30-22(28)17-9-10-21(26-12-5-6-13-26)20(15-17)25-23(29)27-14-11-19(16-27)24-18-7-3-2-4-8-18/h2-4,7-10,15,19,24H,5-6,11-14,16H2,1H3,(H,25,29). The van der Waals surface area contributed by atoms with Gasteiger partial charge in [-0.15, -0.1) is 0 Å². The van der Waals surface area contributed by atoms with Gasteiger partial charge in [-0.2, -0.15) is 0 Å². The SMILES string of the molecule is COC(=O)c1ccc(N2CCCC2)c(NC(=O)N2CCC(Nc3ccccc3)C2)c1. The van der Waals surface area contributed by atoms with Gasteiger partial charge in [-0.05, 0) is 49.6 Å². The molecule has 30 heavy (non-hydrogen) atoms. The number of methoxy groups -OCH3 is 1. The Labute approximate surface area is 177 Å². The van der Waals surface area contributed by atoms with Gasteiger partial charge in [0.15, 0.2) is 0 Å². The number of likely N-dealkylation sites (tertiary alicyclic amines) is 1. The third-order valence-electron chi connectivity index (χ3n) is 5.73. The van der Waals surface area contributed by atoms with Crippen molar-refractivity contribution in [3.05, 3.63) is 54.1 Å². The van der Waals surface area contributed by atoms with Crippen LogP contribution in [0.2, 0.25) is 0 Å². The van der Waals surface area contributed by atoms with E-state index in [1.165, 1.54) is 7.11 Å². The number of nitrogens with one attached hydrogen (secondary N) is 2. The van der Waals surface area contributed by atoms with Crippen LogP contribution in [0.5, 0.6) is 0 Å². The fraction of sp³-hybridized carbons (Fsp3) is 0.391. The summed E-state index contributed by atoms with van der Waals surface area (Å²) in [5.41, 5.74) is 3.10. The summed E-state index contributed by atoms with van der Waals surface area (Å²) in [4.78, 5) is 29.0. The molecule has 2 fully saturated rings. The Kier molecular flexibility index (Phi) is 6.07. The fourth-order valence-electron chi connectivity index (χ4n) is 4.14. The molecule has 2 amide bonds. The van der Waals surface area contributed by atoms with E-state index in [4.69, 9.17) is 4.74 Å². The van der Waals surface area contributed by atoms with Crippen molar-refractivity contribution in [3.8, 4) is 0 Å². The van der Waals surface area contributed by atoms with Gasteiger partial charge in [-0.3, -0.25) is 0 Å². The highest BCUT2D eigenvalue weighted by Crippen LogP contribution is 2.31. The van der Waals surface area contributed by atoms with Crippen LogP contribution >= 0.6 is 0 Å². The first-order valence-electron chi connectivity index (χ1n) is 10.5. The molecule has 0 aromatic heterocycles. The molecule has 7 heteroatoms. The molecule has 2 N–H and O–H groups in total. The van der Waals surface area contributed by atoms with Crippen LogP contribution < -0.4 is 15.5 Å². The molecule has 2 heterocycles. The zero-order valence-electron chi connectivity index (χ0n) is 17.3. The van der Waals surface area contributed by atoms with Crippen LogP contribution in [-0.2, 0) is 4.74 Å². The number of rotatable bonds is 5. The highest BCUT2D eigenvalue weighted by molar-refractivity contribution is 5.97. The third kappa shape index (κ3) is 4.50. The van der Waals surface area contributed by atoms with Gasteiger partial charge in [0.05, 0.1) is 24.0 Å². The highest BCUT2D eigenvalue weighted by Gasteiger charge is 2.27. The number of para-hydroxylation sites is 1. The second-order valence-corrected chi connectivity index (χ2v) is 7.79. The first kappa shape index (κ1) is 20.1.